The van der Waals surface area contributed by atoms with Crippen LogP contribution in [0.2, 0.25) is 0 Å². The number of aliphatic hydroxyl groups is 11. The standard InChI is InChI=1S/C49H76N2O17/c1-29-15-13-11-9-7-5-3-4-6-8-10-12-14-16-36(67-48-46(62)45(50)41(60)28-65-48)25-42-44(47(63)51-31-20-33(53)21-31)40(59)27-49(64,68-42)26-35(55)23-39(58)37(56)18-17-32(52)22-34(54)24-43(61)66-30(2)19-38(29)57/h3-16,29-42,44-46,48,52-60,62,64H,17-28,50H2,1-2H3,(H,51,63)/b4-3+,7-5+,8-6+,11-9+,12-10+,15-13+,16-14+/t29-,30-,31-,32?,33+,34?,35?,36?,37?,38-,39?,40-,41+,42-,44?,45-,46-,48-,49?/m0/s1. The van der Waals surface area contributed by atoms with Crippen LogP contribution in [-0.4, -0.2) is 178 Å². The highest BCUT2D eigenvalue weighted by Gasteiger charge is 2.51. The summed E-state index contributed by atoms with van der Waals surface area (Å²) in [6.07, 6.45) is 5.62. The maximum atomic E-state index is 13.8. The minimum Gasteiger partial charge on any atom is -0.462 e. The molecule has 0 radical (unpaired) electrons. The Hall–Kier alpha value is -3.48. The van der Waals surface area contributed by atoms with E-state index in [0.717, 1.165) is 0 Å². The average Bonchev–Trinajstić information content (AvgIpc) is 3.23. The maximum absolute atomic E-state index is 13.8. The van der Waals surface area contributed by atoms with E-state index in [0.29, 0.717) is 12.8 Å². The Bertz CT molecular complexity index is 1750. The van der Waals surface area contributed by atoms with Gasteiger partial charge in [0.15, 0.2) is 12.1 Å². The molecule has 1 amide bonds. The number of nitrogens with one attached hydrogen (secondary N) is 1. The summed E-state index contributed by atoms with van der Waals surface area (Å²) in [6, 6.07) is -1.49. The van der Waals surface area contributed by atoms with Gasteiger partial charge in [-0.1, -0.05) is 92.0 Å². The second kappa shape index (κ2) is 28.4. The predicted octanol–water partition coefficient (Wildman–Crippen LogP) is -0.368. The predicted molar refractivity (Wildman–Crippen MR) is 247 cm³/mol. The first-order valence-corrected chi connectivity index (χ1v) is 23.6. The summed E-state index contributed by atoms with van der Waals surface area (Å²) < 4.78 is 23.3. The molecule has 4 rings (SSSR count). The Morgan fingerprint density at radius 3 is 1.88 bits per heavy atom. The van der Waals surface area contributed by atoms with E-state index in [4.69, 9.17) is 24.7 Å². The van der Waals surface area contributed by atoms with E-state index < -0.39 is 141 Å². The Kier molecular flexibility index (Phi) is 23.8. The van der Waals surface area contributed by atoms with Crippen LogP contribution in [0.15, 0.2) is 85.1 Å². The van der Waals surface area contributed by atoms with Gasteiger partial charge in [0.2, 0.25) is 5.91 Å². The van der Waals surface area contributed by atoms with Gasteiger partial charge in [-0.3, -0.25) is 9.59 Å². The molecule has 2 saturated heterocycles. The topological polar surface area (TPSA) is 332 Å². The van der Waals surface area contributed by atoms with Crippen molar-refractivity contribution in [3.63, 3.8) is 0 Å². The third kappa shape index (κ3) is 19.4. The monoisotopic (exact) mass is 965 g/mol. The molecule has 0 aromatic carbocycles. The summed E-state index contributed by atoms with van der Waals surface area (Å²) >= 11 is 0. The Balaban J connectivity index is 1.56. The fourth-order valence-electron chi connectivity index (χ4n) is 8.51. The molecule has 2 bridgehead atoms. The third-order valence-corrected chi connectivity index (χ3v) is 12.5. The van der Waals surface area contributed by atoms with E-state index in [2.05, 4.69) is 5.32 Å². The van der Waals surface area contributed by atoms with Crippen molar-refractivity contribution in [3.05, 3.63) is 85.1 Å². The summed E-state index contributed by atoms with van der Waals surface area (Å²) in [5, 5.41) is 121. The molecule has 19 nitrogen and oxygen atoms in total. The Labute approximate surface area is 398 Å². The van der Waals surface area contributed by atoms with Crippen molar-refractivity contribution in [2.45, 2.75) is 188 Å². The zero-order valence-corrected chi connectivity index (χ0v) is 38.9. The number of aliphatic hydroxyl groups excluding tert-OH is 10. The van der Waals surface area contributed by atoms with Crippen LogP contribution >= 0.6 is 0 Å². The molecule has 17 atom stereocenters. The highest BCUT2D eigenvalue weighted by molar-refractivity contribution is 5.80. The van der Waals surface area contributed by atoms with Crippen molar-refractivity contribution < 1.29 is 84.7 Å². The molecule has 14 N–H and O–H groups in total. The summed E-state index contributed by atoms with van der Waals surface area (Å²) in [5.41, 5.74) is 6.00. The van der Waals surface area contributed by atoms with Crippen LogP contribution in [0.25, 0.3) is 0 Å². The van der Waals surface area contributed by atoms with Gasteiger partial charge in [-0.25, -0.2) is 0 Å². The van der Waals surface area contributed by atoms with Crippen LogP contribution in [0.3, 0.4) is 0 Å². The second-order valence-corrected chi connectivity index (χ2v) is 18.7. The van der Waals surface area contributed by atoms with Crippen LogP contribution in [-0.2, 0) is 28.5 Å². The summed E-state index contributed by atoms with van der Waals surface area (Å²) in [4.78, 5) is 26.3. The quantitative estimate of drug-likeness (QED) is 0.160. The molecule has 19 heteroatoms. The van der Waals surface area contributed by atoms with E-state index in [1.807, 2.05) is 37.3 Å². The van der Waals surface area contributed by atoms with Crippen LogP contribution in [0.5, 0.6) is 0 Å². The molecule has 384 valence electrons. The summed E-state index contributed by atoms with van der Waals surface area (Å²) in [5.74, 6) is -5.18. The number of allylic oxidation sites excluding steroid dienone is 12. The number of rotatable bonds is 4. The number of carbonyl (C=O) groups is 2. The normalized spacial score (nSPS) is 44.9. The van der Waals surface area contributed by atoms with Gasteiger partial charge in [0.05, 0.1) is 92.1 Å². The van der Waals surface area contributed by atoms with Gasteiger partial charge < -0.3 is 86.2 Å². The minimum absolute atomic E-state index is 0.0965. The van der Waals surface area contributed by atoms with Gasteiger partial charge >= 0.3 is 5.97 Å². The fraction of sp³-hybridized carbons (Fsp3) is 0.673. The highest BCUT2D eigenvalue weighted by Crippen LogP contribution is 2.38. The number of carbonyl (C=O) groups excluding carboxylic acids is 2. The van der Waals surface area contributed by atoms with Gasteiger partial charge in [-0.2, -0.15) is 0 Å². The lowest BCUT2D eigenvalue weighted by atomic mass is 9.81. The third-order valence-electron chi connectivity index (χ3n) is 12.5. The number of ether oxygens (including phenoxy) is 4. The number of amides is 1. The number of nitrogens with two attached hydrogens (primary N) is 1. The van der Waals surface area contributed by atoms with Gasteiger partial charge in [0.25, 0.3) is 0 Å². The van der Waals surface area contributed by atoms with Gasteiger partial charge in [-0.15, -0.1) is 0 Å². The van der Waals surface area contributed by atoms with E-state index in [9.17, 15) is 65.8 Å². The van der Waals surface area contributed by atoms with Crippen LogP contribution < -0.4 is 11.1 Å². The fourth-order valence-corrected chi connectivity index (χ4v) is 8.51. The van der Waals surface area contributed by atoms with E-state index in [1.165, 1.54) is 0 Å². The number of esters is 1. The first-order valence-electron chi connectivity index (χ1n) is 23.6. The first kappa shape index (κ1) is 57.1. The summed E-state index contributed by atoms with van der Waals surface area (Å²) in [7, 11) is 0. The van der Waals surface area contributed by atoms with E-state index in [1.54, 1.807) is 61.6 Å². The van der Waals surface area contributed by atoms with Crippen LogP contribution in [0, 0.1) is 11.8 Å². The van der Waals surface area contributed by atoms with Crippen LogP contribution in [0.4, 0.5) is 0 Å². The molecule has 0 aromatic heterocycles. The van der Waals surface area contributed by atoms with Crippen LogP contribution in [0.1, 0.15) is 84.5 Å². The zero-order chi connectivity index (χ0) is 50.0. The average molecular weight is 965 g/mol. The van der Waals surface area contributed by atoms with Crippen molar-refractivity contribution in [1.82, 2.24) is 5.32 Å². The summed E-state index contributed by atoms with van der Waals surface area (Å²) in [6.45, 7) is 3.20. The lowest BCUT2D eigenvalue weighted by Crippen LogP contribution is -2.60. The molecular weight excluding hydrogens is 889 g/mol. The molecule has 68 heavy (non-hydrogen) atoms. The zero-order valence-electron chi connectivity index (χ0n) is 38.9. The smallest absolute Gasteiger partial charge is 0.308 e. The molecule has 0 aromatic rings. The van der Waals surface area contributed by atoms with Gasteiger partial charge in [0.1, 0.15) is 12.2 Å². The van der Waals surface area contributed by atoms with E-state index in [-0.39, 0.29) is 50.7 Å². The van der Waals surface area contributed by atoms with Gasteiger partial charge in [0, 0.05) is 44.1 Å². The second-order valence-electron chi connectivity index (χ2n) is 18.7. The first-order chi connectivity index (χ1) is 32.2. The van der Waals surface area contributed by atoms with Crippen molar-refractivity contribution in [1.29, 1.82) is 0 Å². The van der Waals surface area contributed by atoms with Crippen molar-refractivity contribution in [3.8, 4) is 0 Å². The Morgan fingerprint density at radius 1 is 0.662 bits per heavy atom. The molecule has 3 heterocycles. The van der Waals surface area contributed by atoms with Crippen molar-refractivity contribution in [2.24, 2.45) is 17.6 Å². The SMILES string of the molecule is C[C@H]1C[C@H](O)[C@@H](C)/C=C/C=C/C=C/C=C/C=C/C=C/C=C/C(O[C@@H]2OC[C@@H](O)[C@H](N)[C@@H]2O)C[C@@H]2OC(O)(CC(O)CC(O)C(O)CCC(O)CC(O)CC(=O)O1)C[C@H](O)C2C(=O)N[C@H]1C[C@@H](O)C1. The minimum atomic E-state index is -2.28. The molecule has 1 aliphatic carbocycles. The molecule has 3 fully saturated rings. The number of hydrogen-bond donors (Lipinski definition) is 13. The molecule has 4 aliphatic rings. The molecule has 1 saturated carbocycles. The van der Waals surface area contributed by atoms with Crippen molar-refractivity contribution in [2.75, 3.05) is 6.61 Å². The molecular formula is C49H76N2O17. The molecule has 8 unspecified atom stereocenters. The molecule has 3 aliphatic heterocycles. The lowest BCUT2D eigenvalue weighted by molar-refractivity contribution is -0.304. The highest BCUT2D eigenvalue weighted by atomic mass is 16.7. The van der Waals surface area contributed by atoms with Crippen molar-refractivity contribution >= 4 is 11.9 Å². The maximum Gasteiger partial charge on any atom is 0.308 e. The number of hydrogen-bond acceptors (Lipinski definition) is 18. The number of fused-ring (bicyclic) bond motifs is 2. The lowest BCUT2D eigenvalue weighted by Gasteiger charge is -2.46. The molecule has 0 spiro atoms. The largest absolute Gasteiger partial charge is 0.462 e. The Morgan fingerprint density at radius 2 is 1.26 bits per heavy atom. The number of cyclic esters (lactones) is 1. The van der Waals surface area contributed by atoms with Gasteiger partial charge in [-0.05, 0) is 39.0 Å². The van der Waals surface area contributed by atoms with E-state index >= 15 is 0 Å².